The van der Waals surface area contributed by atoms with Crippen molar-refractivity contribution < 1.29 is 9.47 Å². The quantitative estimate of drug-likeness (QED) is 0.586. The lowest BCUT2D eigenvalue weighted by atomic mass is 9.82. The van der Waals surface area contributed by atoms with E-state index in [1.807, 2.05) is 0 Å². The second-order valence-electron chi connectivity index (χ2n) is 5.95. The molecular weight excluding hydrogens is 250 g/mol. The summed E-state index contributed by atoms with van der Waals surface area (Å²) >= 11 is 0. The lowest BCUT2D eigenvalue weighted by molar-refractivity contribution is -0.0398. The molecule has 0 aromatic carbocycles. The van der Waals surface area contributed by atoms with Crippen LogP contribution in [0.2, 0.25) is 0 Å². The Labute approximate surface area is 125 Å². The van der Waals surface area contributed by atoms with Crippen molar-refractivity contribution in [3.05, 3.63) is 0 Å². The molecule has 2 unspecified atom stereocenters. The minimum absolute atomic E-state index is 0.323. The molecule has 1 rings (SSSR count). The topological polar surface area (TPSA) is 30.5 Å². The zero-order valence-electron chi connectivity index (χ0n) is 13.8. The van der Waals surface area contributed by atoms with Crippen LogP contribution in [0, 0.1) is 5.92 Å². The summed E-state index contributed by atoms with van der Waals surface area (Å²) in [5, 5.41) is 3.66. The molecule has 0 bridgehead atoms. The van der Waals surface area contributed by atoms with E-state index in [4.69, 9.17) is 9.47 Å². The first kappa shape index (κ1) is 17.9. The van der Waals surface area contributed by atoms with E-state index in [9.17, 15) is 0 Å². The Morgan fingerprint density at radius 3 is 2.40 bits per heavy atom. The maximum atomic E-state index is 6.13. The molecule has 0 saturated heterocycles. The van der Waals surface area contributed by atoms with E-state index < -0.39 is 0 Å². The van der Waals surface area contributed by atoms with Gasteiger partial charge < -0.3 is 14.8 Å². The number of hydrogen-bond acceptors (Lipinski definition) is 3. The van der Waals surface area contributed by atoms with Crippen molar-refractivity contribution >= 4 is 0 Å². The summed E-state index contributed by atoms with van der Waals surface area (Å²) in [6.45, 7) is 9.99. The first-order chi connectivity index (χ1) is 9.83. The van der Waals surface area contributed by atoms with Crippen LogP contribution in [0.4, 0.5) is 0 Å². The van der Waals surface area contributed by atoms with Crippen LogP contribution in [0.1, 0.15) is 65.7 Å². The van der Waals surface area contributed by atoms with Crippen molar-refractivity contribution in [1.82, 2.24) is 5.32 Å². The van der Waals surface area contributed by atoms with Crippen molar-refractivity contribution in [2.75, 3.05) is 26.4 Å². The van der Waals surface area contributed by atoms with Gasteiger partial charge in [-0.2, -0.15) is 0 Å². The molecule has 3 nitrogen and oxygen atoms in total. The third-order valence-corrected chi connectivity index (χ3v) is 4.17. The molecule has 1 saturated carbocycles. The van der Waals surface area contributed by atoms with E-state index in [2.05, 4.69) is 26.1 Å². The highest BCUT2D eigenvalue weighted by Gasteiger charge is 2.30. The second kappa shape index (κ2) is 11.5. The lowest BCUT2D eigenvalue weighted by Gasteiger charge is -2.36. The fourth-order valence-corrected chi connectivity index (χ4v) is 3.19. The first-order valence-corrected chi connectivity index (χ1v) is 8.76. The monoisotopic (exact) mass is 285 g/mol. The van der Waals surface area contributed by atoms with Crippen molar-refractivity contribution in [3.63, 3.8) is 0 Å². The van der Waals surface area contributed by atoms with Crippen LogP contribution < -0.4 is 5.32 Å². The summed E-state index contributed by atoms with van der Waals surface area (Å²) < 4.78 is 11.9. The Morgan fingerprint density at radius 1 is 1.05 bits per heavy atom. The smallest absolute Gasteiger partial charge is 0.0778 e. The summed E-state index contributed by atoms with van der Waals surface area (Å²) in [7, 11) is 0. The Bertz CT molecular complexity index is 217. The SMILES string of the molecule is CCCNC(COCCC)C(OCC)C1CCCCC1. The van der Waals surface area contributed by atoms with Crippen LogP contribution in [0.3, 0.4) is 0 Å². The number of rotatable bonds is 11. The van der Waals surface area contributed by atoms with E-state index in [1.54, 1.807) is 0 Å². The highest BCUT2D eigenvalue weighted by Crippen LogP contribution is 2.29. The molecule has 0 aliphatic heterocycles. The molecule has 20 heavy (non-hydrogen) atoms. The van der Waals surface area contributed by atoms with Crippen molar-refractivity contribution in [1.29, 1.82) is 0 Å². The fourth-order valence-electron chi connectivity index (χ4n) is 3.19. The molecule has 2 atom stereocenters. The van der Waals surface area contributed by atoms with Crippen molar-refractivity contribution in [2.45, 2.75) is 77.9 Å². The standard InChI is InChI=1S/C17H35NO2/c1-4-12-18-16(14-19-13-5-2)17(20-6-3)15-10-8-7-9-11-15/h15-18H,4-14H2,1-3H3. The minimum Gasteiger partial charge on any atom is -0.380 e. The van der Waals surface area contributed by atoms with Gasteiger partial charge in [0.2, 0.25) is 0 Å². The summed E-state index contributed by atoms with van der Waals surface area (Å²) in [6, 6.07) is 0.351. The molecule has 0 amide bonds. The average molecular weight is 285 g/mol. The van der Waals surface area contributed by atoms with Gasteiger partial charge in [0.05, 0.1) is 18.8 Å². The first-order valence-electron chi connectivity index (χ1n) is 8.76. The van der Waals surface area contributed by atoms with Crippen LogP contribution >= 0.6 is 0 Å². The van der Waals surface area contributed by atoms with E-state index in [-0.39, 0.29) is 0 Å². The van der Waals surface area contributed by atoms with Crippen molar-refractivity contribution in [3.8, 4) is 0 Å². The highest BCUT2D eigenvalue weighted by atomic mass is 16.5. The lowest BCUT2D eigenvalue weighted by Crippen LogP contribution is -2.49. The van der Waals surface area contributed by atoms with Gasteiger partial charge in [0, 0.05) is 13.2 Å². The highest BCUT2D eigenvalue weighted by molar-refractivity contribution is 4.85. The molecule has 0 spiro atoms. The minimum atomic E-state index is 0.323. The summed E-state index contributed by atoms with van der Waals surface area (Å²) in [6.07, 6.45) is 9.34. The molecule has 1 fully saturated rings. The average Bonchev–Trinajstić information content (AvgIpc) is 2.50. The van der Waals surface area contributed by atoms with E-state index in [1.165, 1.54) is 32.1 Å². The second-order valence-corrected chi connectivity index (χ2v) is 5.95. The van der Waals surface area contributed by atoms with Gasteiger partial charge in [-0.05, 0) is 45.1 Å². The zero-order valence-corrected chi connectivity index (χ0v) is 13.8. The summed E-state index contributed by atoms with van der Waals surface area (Å²) in [4.78, 5) is 0. The Morgan fingerprint density at radius 2 is 1.80 bits per heavy atom. The van der Waals surface area contributed by atoms with Gasteiger partial charge in [0.15, 0.2) is 0 Å². The zero-order chi connectivity index (χ0) is 14.6. The van der Waals surface area contributed by atoms with E-state index in [0.717, 1.165) is 39.2 Å². The van der Waals surface area contributed by atoms with Gasteiger partial charge in [0.25, 0.3) is 0 Å². The normalized spacial score (nSPS) is 19.9. The fraction of sp³-hybridized carbons (Fsp3) is 1.00. The molecule has 120 valence electrons. The molecule has 0 radical (unpaired) electrons. The number of nitrogens with one attached hydrogen (secondary N) is 1. The van der Waals surface area contributed by atoms with Gasteiger partial charge >= 0.3 is 0 Å². The summed E-state index contributed by atoms with van der Waals surface area (Å²) in [5.41, 5.74) is 0. The molecule has 0 aromatic heterocycles. The molecule has 1 aliphatic carbocycles. The third kappa shape index (κ3) is 6.55. The largest absolute Gasteiger partial charge is 0.380 e. The Hall–Kier alpha value is -0.120. The van der Waals surface area contributed by atoms with E-state index >= 15 is 0 Å². The summed E-state index contributed by atoms with van der Waals surface area (Å²) in [5.74, 6) is 0.711. The molecule has 0 heterocycles. The molecule has 1 N–H and O–H groups in total. The van der Waals surface area contributed by atoms with Gasteiger partial charge in [0.1, 0.15) is 0 Å². The molecule has 0 aromatic rings. The van der Waals surface area contributed by atoms with Gasteiger partial charge in [-0.25, -0.2) is 0 Å². The predicted octanol–water partition coefficient (Wildman–Crippen LogP) is 3.77. The maximum absolute atomic E-state index is 6.13. The number of hydrogen-bond donors (Lipinski definition) is 1. The third-order valence-electron chi connectivity index (χ3n) is 4.17. The number of ether oxygens (including phenoxy) is 2. The van der Waals surface area contributed by atoms with Gasteiger partial charge in [-0.15, -0.1) is 0 Å². The predicted molar refractivity (Wildman–Crippen MR) is 85.2 cm³/mol. The van der Waals surface area contributed by atoms with Crippen LogP contribution in [0.25, 0.3) is 0 Å². The van der Waals surface area contributed by atoms with Gasteiger partial charge in [-0.3, -0.25) is 0 Å². The van der Waals surface area contributed by atoms with Crippen LogP contribution in [-0.2, 0) is 9.47 Å². The van der Waals surface area contributed by atoms with Crippen LogP contribution in [0.15, 0.2) is 0 Å². The molecule has 1 aliphatic rings. The Balaban J connectivity index is 2.57. The van der Waals surface area contributed by atoms with Crippen LogP contribution in [-0.4, -0.2) is 38.5 Å². The van der Waals surface area contributed by atoms with Crippen LogP contribution in [0.5, 0.6) is 0 Å². The van der Waals surface area contributed by atoms with Crippen molar-refractivity contribution in [2.24, 2.45) is 5.92 Å². The van der Waals surface area contributed by atoms with E-state index in [0.29, 0.717) is 18.1 Å². The molecular formula is C17H35NO2. The van der Waals surface area contributed by atoms with Gasteiger partial charge in [-0.1, -0.05) is 33.1 Å². The molecule has 3 heteroatoms. The maximum Gasteiger partial charge on any atom is 0.0778 e. The Kier molecular flexibility index (Phi) is 10.3.